The van der Waals surface area contributed by atoms with E-state index in [0.29, 0.717) is 0 Å². The van der Waals surface area contributed by atoms with Gasteiger partial charge >= 0.3 is 0 Å². The van der Waals surface area contributed by atoms with Crippen LogP contribution in [0.5, 0.6) is 0 Å². The van der Waals surface area contributed by atoms with E-state index >= 15 is 0 Å². The zero-order valence-electron chi connectivity index (χ0n) is 12.6. The van der Waals surface area contributed by atoms with E-state index in [1.807, 2.05) is 0 Å². The normalized spacial score (nSPS) is 37.5. The molecule has 2 aliphatic rings. The Labute approximate surface area is 131 Å². The maximum Gasteiger partial charge on any atom is 0.0210 e. The van der Waals surface area contributed by atoms with Crippen molar-refractivity contribution in [2.24, 2.45) is 11.8 Å². The number of rotatable bonds is 3. The maximum absolute atomic E-state index is 3.93. The zero-order chi connectivity index (χ0) is 14.1. The SMILES string of the molecule is CC1CCC(NC2CC(c3ccccc3Br)C2)C(C)C1. The predicted octanol–water partition coefficient (Wildman–Crippen LogP) is 5.11. The van der Waals surface area contributed by atoms with Gasteiger partial charge in [0.15, 0.2) is 0 Å². The van der Waals surface area contributed by atoms with Crippen LogP contribution in [0.4, 0.5) is 0 Å². The Bertz CT molecular complexity index is 452. The topological polar surface area (TPSA) is 12.0 Å². The number of benzene rings is 1. The molecule has 3 rings (SSSR count). The molecule has 0 bridgehead atoms. The third-order valence-corrected chi connectivity index (χ3v) is 6.09. The van der Waals surface area contributed by atoms with Gasteiger partial charge in [0.05, 0.1) is 0 Å². The standard InChI is InChI=1S/C18H26BrN/c1-12-7-8-18(13(2)9-12)20-15-10-14(11-15)16-5-3-4-6-17(16)19/h3-6,12-15,18,20H,7-11H2,1-2H3. The summed E-state index contributed by atoms with van der Waals surface area (Å²) in [7, 11) is 0. The molecule has 3 atom stereocenters. The number of halogens is 1. The lowest BCUT2D eigenvalue weighted by Gasteiger charge is -2.42. The van der Waals surface area contributed by atoms with Crippen molar-refractivity contribution >= 4 is 15.9 Å². The second kappa shape index (κ2) is 6.19. The van der Waals surface area contributed by atoms with Crippen LogP contribution in [0.25, 0.3) is 0 Å². The van der Waals surface area contributed by atoms with Gasteiger partial charge in [-0.05, 0) is 61.5 Å². The molecule has 0 amide bonds. The van der Waals surface area contributed by atoms with Gasteiger partial charge in [0.2, 0.25) is 0 Å². The minimum absolute atomic E-state index is 0.743. The summed E-state index contributed by atoms with van der Waals surface area (Å²) in [5.74, 6) is 2.53. The fraction of sp³-hybridized carbons (Fsp3) is 0.667. The highest BCUT2D eigenvalue weighted by Crippen LogP contribution is 2.41. The third-order valence-electron chi connectivity index (χ3n) is 5.36. The average molecular weight is 336 g/mol. The van der Waals surface area contributed by atoms with Crippen molar-refractivity contribution in [3.8, 4) is 0 Å². The lowest BCUT2D eigenvalue weighted by Crippen LogP contribution is -2.49. The monoisotopic (exact) mass is 335 g/mol. The molecule has 0 heterocycles. The molecule has 110 valence electrons. The molecule has 1 nitrogen and oxygen atoms in total. The van der Waals surface area contributed by atoms with Crippen LogP contribution in [-0.4, -0.2) is 12.1 Å². The van der Waals surface area contributed by atoms with Crippen LogP contribution in [0, 0.1) is 11.8 Å². The number of hydrogen-bond acceptors (Lipinski definition) is 1. The van der Waals surface area contributed by atoms with Crippen LogP contribution in [0.1, 0.15) is 57.4 Å². The van der Waals surface area contributed by atoms with Gasteiger partial charge in [-0.2, -0.15) is 0 Å². The van der Waals surface area contributed by atoms with Crippen molar-refractivity contribution in [2.45, 2.75) is 64.0 Å². The van der Waals surface area contributed by atoms with E-state index in [2.05, 4.69) is 59.4 Å². The second-order valence-electron chi connectivity index (χ2n) is 7.06. The smallest absolute Gasteiger partial charge is 0.0210 e. The van der Waals surface area contributed by atoms with Crippen molar-refractivity contribution in [3.05, 3.63) is 34.3 Å². The van der Waals surface area contributed by atoms with Gasteiger partial charge in [-0.3, -0.25) is 0 Å². The molecule has 3 unspecified atom stereocenters. The molecule has 2 fully saturated rings. The highest BCUT2D eigenvalue weighted by Gasteiger charge is 2.34. The van der Waals surface area contributed by atoms with E-state index in [1.165, 1.54) is 42.1 Å². The Morgan fingerprint density at radius 2 is 1.80 bits per heavy atom. The predicted molar refractivity (Wildman–Crippen MR) is 89.0 cm³/mol. The molecule has 1 aromatic rings. The first kappa shape index (κ1) is 14.6. The Hall–Kier alpha value is -0.340. The van der Waals surface area contributed by atoms with Gasteiger partial charge in [0.1, 0.15) is 0 Å². The molecular formula is C18H26BrN. The van der Waals surface area contributed by atoms with Crippen molar-refractivity contribution < 1.29 is 0 Å². The average Bonchev–Trinajstić information content (AvgIpc) is 2.37. The highest BCUT2D eigenvalue weighted by molar-refractivity contribution is 9.10. The van der Waals surface area contributed by atoms with Crippen molar-refractivity contribution in [2.75, 3.05) is 0 Å². The maximum atomic E-state index is 3.93. The Balaban J connectivity index is 1.50. The van der Waals surface area contributed by atoms with Gasteiger partial charge in [-0.15, -0.1) is 0 Å². The summed E-state index contributed by atoms with van der Waals surface area (Å²) in [6.45, 7) is 4.83. The van der Waals surface area contributed by atoms with E-state index in [9.17, 15) is 0 Å². The molecule has 0 spiro atoms. The lowest BCUT2D eigenvalue weighted by molar-refractivity contribution is 0.176. The molecule has 0 aliphatic heterocycles. The molecule has 0 radical (unpaired) electrons. The first-order valence-corrected chi connectivity index (χ1v) is 8.93. The van der Waals surface area contributed by atoms with E-state index in [-0.39, 0.29) is 0 Å². The first-order valence-electron chi connectivity index (χ1n) is 8.14. The van der Waals surface area contributed by atoms with Crippen LogP contribution in [0.3, 0.4) is 0 Å². The van der Waals surface area contributed by atoms with Crippen molar-refractivity contribution in [1.29, 1.82) is 0 Å². The molecule has 0 aromatic heterocycles. The minimum atomic E-state index is 0.743. The van der Waals surface area contributed by atoms with E-state index < -0.39 is 0 Å². The van der Waals surface area contributed by atoms with E-state index in [4.69, 9.17) is 0 Å². The quantitative estimate of drug-likeness (QED) is 0.809. The van der Waals surface area contributed by atoms with Crippen molar-refractivity contribution in [3.63, 3.8) is 0 Å². The first-order chi connectivity index (χ1) is 9.63. The zero-order valence-corrected chi connectivity index (χ0v) is 14.2. The number of hydrogen-bond donors (Lipinski definition) is 1. The molecule has 2 saturated carbocycles. The fourth-order valence-corrected chi connectivity index (χ4v) is 4.64. The van der Waals surface area contributed by atoms with Crippen LogP contribution in [0.15, 0.2) is 28.7 Å². The van der Waals surface area contributed by atoms with Crippen LogP contribution >= 0.6 is 15.9 Å². The van der Waals surface area contributed by atoms with Gasteiger partial charge < -0.3 is 5.32 Å². The summed E-state index contributed by atoms with van der Waals surface area (Å²) in [5.41, 5.74) is 1.50. The van der Waals surface area contributed by atoms with E-state index in [1.54, 1.807) is 0 Å². The Kier molecular flexibility index (Phi) is 4.52. The fourth-order valence-electron chi connectivity index (χ4n) is 4.03. The molecule has 1 aromatic carbocycles. The van der Waals surface area contributed by atoms with Crippen LogP contribution < -0.4 is 5.32 Å². The third kappa shape index (κ3) is 3.12. The Morgan fingerprint density at radius 1 is 1.05 bits per heavy atom. The van der Waals surface area contributed by atoms with Gasteiger partial charge in [-0.1, -0.05) is 48.0 Å². The molecule has 2 heteroatoms. The molecule has 1 N–H and O–H groups in total. The van der Waals surface area contributed by atoms with Crippen LogP contribution in [0.2, 0.25) is 0 Å². The molecule has 20 heavy (non-hydrogen) atoms. The Morgan fingerprint density at radius 3 is 2.50 bits per heavy atom. The molecular weight excluding hydrogens is 310 g/mol. The van der Waals surface area contributed by atoms with Gasteiger partial charge in [-0.25, -0.2) is 0 Å². The summed E-state index contributed by atoms with van der Waals surface area (Å²) < 4.78 is 1.28. The summed E-state index contributed by atoms with van der Waals surface area (Å²) in [6.07, 6.45) is 6.79. The number of nitrogens with one attached hydrogen (secondary N) is 1. The summed E-state index contributed by atoms with van der Waals surface area (Å²) in [5, 5.41) is 3.93. The lowest BCUT2D eigenvalue weighted by atomic mass is 9.73. The van der Waals surface area contributed by atoms with Crippen LogP contribution in [-0.2, 0) is 0 Å². The van der Waals surface area contributed by atoms with Gasteiger partial charge in [0, 0.05) is 16.6 Å². The molecule has 0 saturated heterocycles. The van der Waals surface area contributed by atoms with E-state index in [0.717, 1.165) is 29.8 Å². The largest absolute Gasteiger partial charge is 0.311 e. The summed E-state index contributed by atoms with van der Waals surface area (Å²) >= 11 is 3.69. The van der Waals surface area contributed by atoms with Gasteiger partial charge in [0.25, 0.3) is 0 Å². The highest BCUT2D eigenvalue weighted by atomic mass is 79.9. The summed E-state index contributed by atoms with van der Waals surface area (Å²) in [6, 6.07) is 10.2. The minimum Gasteiger partial charge on any atom is -0.311 e. The van der Waals surface area contributed by atoms with Crippen molar-refractivity contribution in [1.82, 2.24) is 5.32 Å². The second-order valence-corrected chi connectivity index (χ2v) is 7.91. The summed E-state index contributed by atoms with van der Waals surface area (Å²) in [4.78, 5) is 0. The molecule has 2 aliphatic carbocycles.